The largest absolute Gasteiger partial charge is 0.456 e. The van der Waals surface area contributed by atoms with Crippen LogP contribution in [-0.2, 0) is 0 Å². The lowest BCUT2D eigenvalue weighted by Gasteiger charge is -2.18. The van der Waals surface area contributed by atoms with Gasteiger partial charge in [-0.05, 0) is 48.5 Å². The minimum absolute atomic E-state index is 0.914. The molecule has 3 aromatic heterocycles. The lowest BCUT2D eigenvalue weighted by molar-refractivity contribution is 0.669. The summed E-state index contributed by atoms with van der Waals surface area (Å²) in [6.07, 6.45) is 0. The molecule has 7 aromatic carbocycles. The summed E-state index contributed by atoms with van der Waals surface area (Å²) in [5.74, 6) is 0. The molecule has 10 aromatic rings. The topological polar surface area (TPSA) is 23.0 Å². The van der Waals surface area contributed by atoms with Gasteiger partial charge in [-0.1, -0.05) is 109 Å². The van der Waals surface area contributed by atoms with Crippen LogP contribution in [0.4, 0.5) is 0 Å². The number of hydrogen-bond acceptors (Lipinski definition) is 1. The number of nitrogens with zero attached hydrogens (tertiary/aromatic N) is 2. The van der Waals surface area contributed by atoms with E-state index in [9.17, 15) is 0 Å². The molecular weight excluding hydrogens is 548 g/mol. The molecule has 0 aliphatic rings. The van der Waals surface area contributed by atoms with Crippen molar-refractivity contribution in [1.29, 1.82) is 0 Å². The van der Waals surface area contributed by atoms with Crippen molar-refractivity contribution >= 4 is 65.6 Å². The number of para-hydroxylation sites is 6. The summed E-state index contributed by atoms with van der Waals surface area (Å²) in [7, 11) is 0. The molecule has 210 valence electrons. The van der Waals surface area contributed by atoms with Gasteiger partial charge in [-0.25, -0.2) is 0 Å². The van der Waals surface area contributed by atoms with E-state index in [1.165, 1.54) is 54.6 Å². The van der Waals surface area contributed by atoms with Gasteiger partial charge in [0.2, 0.25) is 0 Å². The highest BCUT2D eigenvalue weighted by atomic mass is 16.3. The maximum Gasteiger partial charge on any atom is 0.136 e. The fraction of sp³-hybridized carbons (Fsp3) is 0. The lowest BCUT2D eigenvalue weighted by atomic mass is 10.0. The summed E-state index contributed by atoms with van der Waals surface area (Å²) < 4.78 is 11.2. The van der Waals surface area contributed by atoms with Gasteiger partial charge in [0.25, 0.3) is 0 Å². The number of benzene rings is 7. The number of aromatic nitrogens is 2. The van der Waals surface area contributed by atoms with Crippen LogP contribution in [0.1, 0.15) is 0 Å². The Bertz CT molecular complexity index is 2720. The van der Waals surface area contributed by atoms with Crippen molar-refractivity contribution in [2.24, 2.45) is 0 Å². The molecule has 3 heteroatoms. The Hall–Kier alpha value is -6.06. The van der Waals surface area contributed by atoms with Crippen molar-refractivity contribution in [1.82, 2.24) is 9.13 Å². The van der Waals surface area contributed by atoms with E-state index >= 15 is 0 Å². The molecule has 0 bridgehead atoms. The second-order valence-electron chi connectivity index (χ2n) is 11.7. The van der Waals surface area contributed by atoms with Gasteiger partial charge in [0.1, 0.15) is 11.2 Å². The molecule has 0 fully saturated rings. The minimum Gasteiger partial charge on any atom is -0.456 e. The highest BCUT2D eigenvalue weighted by Gasteiger charge is 2.21. The molecule has 0 saturated heterocycles. The van der Waals surface area contributed by atoms with Crippen LogP contribution in [-0.4, -0.2) is 9.13 Å². The van der Waals surface area contributed by atoms with E-state index in [1.54, 1.807) is 0 Å². The smallest absolute Gasteiger partial charge is 0.136 e. The first-order chi connectivity index (χ1) is 22.4. The summed E-state index contributed by atoms with van der Waals surface area (Å²) in [5, 5.41) is 7.27. The first kappa shape index (κ1) is 24.4. The standard InChI is InChI=1S/C42H26N2O/c1-7-19-33-27(13-1)28-14-2-8-20-34(28)43(33)35-21-9-3-15-29(35)30-16-4-10-22-36(30)44-37-23-11-5-17-31(37)41-38(44)25-26-40-42(41)32-18-6-12-24-39(32)45-40/h1-26H. The van der Waals surface area contributed by atoms with Gasteiger partial charge in [0.05, 0.1) is 33.4 Å². The van der Waals surface area contributed by atoms with Crippen molar-refractivity contribution in [2.45, 2.75) is 0 Å². The molecule has 0 saturated carbocycles. The van der Waals surface area contributed by atoms with Crippen molar-refractivity contribution in [2.75, 3.05) is 0 Å². The average Bonchev–Trinajstić information content (AvgIpc) is 3.76. The molecule has 0 amide bonds. The van der Waals surface area contributed by atoms with E-state index in [-0.39, 0.29) is 0 Å². The highest BCUT2D eigenvalue weighted by molar-refractivity contribution is 6.27. The number of fused-ring (bicyclic) bond motifs is 10. The fourth-order valence-corrected chi connectivity index (χ4v) is 7.51. The molecule has 0 aliphatic carbocycles. The molecular formula is C42H26N2O. The maximum absolute atomic E-state index is 6.33. The van der Waals surface area contributed by atoms with Crippen LogP contribution in [0.3, 0.4) is 0 Å². The Morgan fingerprint density at radius 2 is 0.778 bits per heavy atom. The molecule has 10 rings (SSSR count). The molecule has 0 N–H and O–H groups in total. The highest BCUT2D eigenvalue weighted by Crippen LogP contribution is 2.43. The Kier molecular flexibility index (Phi) is 5.00. The fourth-order valence-electron chi connectivity index (χ4n) is 7.51. The third-order valence-electron chi connectivity index (χ3n) is 9.34. The third-order valence-corrected chi connectivity index (χ3v) is 9.34. The zero-order valence-electron chi connectivity index (χ0n) is 24.3. The molecule has 0 unspecified atom stereocenters. The molecule has 0 spiro atoms. The minimum atomic E-state index is 0.914. The monoisotopic (exact) mass is 574 g/mol. The van der Waals surface area contributed by atoms with Crippen molar-refractivity contribution in [3.63, 3.8) is 0 Å². The van der Waals surface area contributed by atoms with E-state index in [1.807, 2.05) is 6.07 Å². The van der Waals surface area contributed by atoms with Gasteiger partial charge >= 0.3 is 0 Å². The van der Waals surface area contributed by atoms with Crippen molar-refractivity contribution < 1.29 is 4.42 Å². The molecule has 3 heterocycles. The molecule has 3 nitrogen and oxygen atoms in total. The number of furan rings is 1. The molecule has 0 atom stereocenters. The lowest BCUT2D eigenvalue weighted by Crippen LogP contribution is -2.01. The van der Waals surface area contributed by atoms with Crippen LogP contribution in [0.25, 0.3) is 88.1 Å². The summed E-state index contributed by atoms with van der Waals surface area (Å²) >= 11 is 0. The maximum atomic E-state index is 6.33. The van der Waals surface area contributed by atoms with Crippen molar-refractivity contribution in [3.05, 3.63) is 158 Å². The van der Waals surface area contributed by atoms with E-state index in [2.05, 4.69) is 161 Å². The van der Waals surface area contributed by atoms with Crippen LogP contribution in [0, 0.1) is 0 Å². The summed E-state index contributed by atoms with van der Waals surface area (Å²) in [5.41, 5.74) is 11.2. The average molecular weight is 575 g/mol. The zero-order valence-corrected chi connectivity index (χ0v) is 24.3. The Labute approximate surface area is 258 Å². The van der Waals surface area contributed by atoms with Crippen molar-refractivity contribution in [3.8, 4) is 22.5 Å². The molecule has 45 heavy (non-hydrogen) atoms. The molecule has 0 radical (unpaired) electrons. The second kappa shape index (κ2) is 9.22. The summed E-state index contributed by atoms with van der Waals surface area (Å²) in [6.45, 7) is 0. The Morgan fingerprint density at radius 3 is 1.42 bits per heavy atom. The predicted octanol–water partition coefficient (Wildman–Crippen LogP) is 11.4. The Morgan fingerprint density at radius 1 is 0.311 bits per heavy atom. The van der Waals surface area contributed by atoms with E-state index in [4.69, 9.17) is 4.42 Å². The van der Waals surface area contributed by atoms with E-state index < -0.39 is 0 Å². The van der Waals surface area contributed by atoms with E-state index in [0.717, 1.165) is 33.4 Å². The predicted molar refractivity (Wildman–Crippen MR) is 188 cm³/mol. The zero-order chi connectivity index (χ0) is 29.5. The van der Waals surface area contributed by atoms with E-state index in [0.29, 0.717) is 0 Å². The van der Waals surface area contributed by atoms with Crippen LogP contribution in [0.2, 0.25) is 0 Å². The van der Waals surface area contributed by atoms with Crippen LogP contribution in [0.15, 0.2) is 162 Å². The number of hydrogen-bond donors (Lipinski definition) is 0. The van der Waals surface area contributed by atoms with Crippen LogP contribution >= 0.6 is 0 Å². The summed E-state index contributed by atoms with van der Waals surface area (Å²) in [4.78, 5) is 0. The first-order valence-electron chi connectivity index (χ1n) is 15.4. The SMILES string of the molecule is c1ccc(-n2c3ccccc3c3ccccc32)c(-c2ccccc2-n2c3ccccc3c3c4c(ccc32)oc2ccccc24)c1. The van der Waals surface area contributed by atoms with Crippen LogP contribution < -0.4 is 0 Å². The van der Waals surface area contributed by atoms with Gasteiger partial charge in [0.15, 0.2) is 0 Å². The molecule has 0 aliphatic heterocycles. The van der Waals surface area contributed by atoms with Gasteiger partial charge in [-0.3, -0.25) is 0 Å². The quantitative estimate of drug-likeness (QED) is 0.206. The van der Waals surface area contributed by atoms with Gasteiger partial charge in [0, 0.05) is 43.4 Å². The number of rotatable bonds is 3. The Balaban J connectivity index is 1.31. The van der Waals surface area contributed by atoms with Gasteiger partial charge in [-0.2, -0.15) is 0 Å². The second-order valence-corrected chi connectivity index (χ2v) is 11.7. The normalized spacial score (nSPS) is 12.0. The van der Waals surface area contributed by atoms with Gasteiger partial charge < -0.3 is 13.6 Å². The third kappa shape index (κ3) is 3.35. The van der Waals surface area contributed by atoms with Gasteiger partial charge in [-0.15, -0.1) is 0 Å². The van der Waals surface area contributed by atoms with Crippen LogP contribution in [0.5, 0.6) is 0 Å². The first-order valence-corrected chi connectivity index (χ1v) is 15.4. The summed E-state index contributed by atoms with van der Waals surface area (Å²) in [6, 6.07) is 56.5.